The number of hydrogen-bond acceptors (Lipinski definition) is 4. The first-order valence-electron chi connectivity index (χ1n) is 10.6. The van der Waals surface area contributed by atoms with Crippen LogP contribution in [0.1, 0.15) is 47.0 Å². The van der Waals surface area contributed by atoms with Gasteiger partial charge >= 0.3 is 0 Å². The van der Waals surface area contributed by atoms with Crippen LogP contribution in [0.5, 0.6) is 11.5 Å². The smallest absolute Gasteiger partial charge is 0.232 e. The molecule has 1 N–H and O–H groups in total. The van der Waals surface area contributed by atoms with Crippen LogP contribution in [0.15, 0.2) is 46.6 Å². The van der Waals surface area contributed by atoms with Crippen molar-refractivity contribution in [1.82, 2.24) is 0 Å². The molecule has 5 nitrogen and oxygen atoms in total. The third kappa shape index (κ3) is 3.29. The number of ketones is 1. The largest absolute Gasteiger partial charge is 0.872 e. The number of aryl methyl sites for hydroxylation is 1. The Morgan fingerprint density at radius 2 is 2.10 bits per heavy atom. The van der Waals surface area contributed by atoms with E-state index in [2.05, 4.69) is 6.92 Å². The number of likely N-dealkylation sites (tertiary alicyclic amines) is 1. The van der Waals surface area contributed by atoms with E-state index < -0.39 is 0 Å². The number of carbonyl (C=O) groups is 1. The number of rotatable bonds is 3. The highest BCUT2D eigenvalue weighted by atomic mass is 16.5. The average Bonchev–Trinajstić information content (AvgIpc) is 3.26. The first-order valence-corrected chi connectivity index (χ1v) is 10.6. The summed E-state index contributed by atoms with van der Waals surface area (Å²) in [6, 6.07) is 11.2. The van der Waals surface area contributed by atoms with Crippen LogP contribution < -0.4 is 14.7 Å². The highest BCUT2D eigenvalue weighted by Crippen LogP contribution is 2.40. The topological polar surface area (TPSA) is 66.9 Å². The Labute approximate surface area is 175 Å². The molecule has 2 unspecified atom stereocenters. The number of fused-ring (bicyclic) bond motifs is 2. The molecule has 0 spiro atoms. The van der Waals surface area contributed by atoms with Gasteiger partial charge < -0.3 is 19.2 Å². The fourth-order valence-electron chi connectivity index (χ4n) is 4.75. The van der Waals surface area contributed by atoms with E-state index in [0.717, 1.165) is 30.5 Å². The lowest BCUT2D eigenvalue weighted by molar-refractivity contribution is -0.922. The van der Waals surface area contributed by atoms with E-state index in [0.29, 0.717) is 40.7 Å². The number of Topliss-reactive ketones (excluding diaryl/α,β-unsaturated/α-hetero) is 1. The Kier molecular flexibility index (Phi) is 4.63. The maximum Gasteiger partial charge on any atom is 0.232 e. The number of hydrogen-bond donors (Lipinski definition) is 1. The van der Waals surface area contributed by atoms with Gasteiger partial charge in [-0.2, -0.15) is 0 Å². The molecule has 0 saturated carbocycles. The van der Waals surface area contributed by atoms with E-state index >= 15 is 0 Å². The van der Waals surface area contributed by atoms with Crippen molar-refractivity contribution >= 4 is 22.8 Å². The third-order valence-corrected chi connectivity index (χ3v) is 6.21. The summed E-state index contributed by atoms with van der Waals surface area (Å²) in [5.41, 5.74) is 2.55. The molecule has 2 aromatic carbocycles. The molecule has 0 radical (unpaired) electrons. The summed E-state index contributed by atoms with van der Waals surface area (Å²) < 4.78 is 11.8. The zero-order valence-electron chi connectivity index (χ0n) is 17.3. The van der Waals surface area contributed by atoms with Crippen LogP contribution in [0.2, 0.25) is 0 Å². The molecule has 1 saturated heterocycles. The van der Waals surface area contributed by atoms with Crippen LogP contribution >= 0.6 is 0 Å². The van der Waals surface area contributed by atoms with Crippen molar-refractivity contribution in [2.24, 2.45) is 5.92 Å². The van der Waals surface area contributed by atoms with Gasteiger partial charge in [0.15, 0.2) is 5.76 Å². The molecule has 0 amide bonds. The fraction of sp³-hybridized carbons (Fsp3) is 0.320. The second-order valence-electron chi connectivity index (χ2n) is 8.63. The van der Waals surface area contributed by atoms with Crippen LogP contribution in [0.4, 0.5) is 0 Å². The number of nitrogens with one attached hydrogen (secondary N) is 1. The Morgan fingerprint density at radius 3 is 2.90 bits per heavy atom. The first-order chi connectivity index (χ1) is 14.5. The molecule has 5 rings (SSSR count). The van der Waals surface area contributed by atoms with Gasteiger partial charge in [-0.15, -0.1) is 0 Å². The van der Waals surface area contributed by atoms with Crippen molar-refractivity contribution in [2.45, 2.75) is 33.2 Å². The van der Waals surface area contributed by atoms with Gasteiger partial charge in [0.1, 0.15) is 23.6 Å². The Morgan fingerprint density at radius 1 is 1.27 bits per heavy atom. The maximum atomic E-state index is 13.1. The second-order valence-corrected chi connectivity index (χ2v) is 8.63. The van der Waals surface area contributed by atoms with Gasteiger partial charge in [-0.05, 0) is 37.5 Å². The summed E-state index contributed by atoms with van der Waals surface area (Å²) in [5.74, 6) is 1.62. The highest BCUT2D eigenvalue weighted by Gasteiger charge is 2.33. The molecule has 2 aliphatic heterocycles. The molecule has 2 aliphatic rings. The lowest BCUT2D eigenvalue weighted by Crippen LogP contribution is -3.12. The van der Waals surface area contributed by atoms with Gasteiger partial charge in [-0.25, -0.2) is 0 Å². The van der Waals surface area contributed by atoms with Crippen LogP contribution in [0.3, 0.4) is 0 Å². The van der Waals surface area contributed by atoms with Crippen molar-refractivity contribution in [3.63, 3.8) is 0 Å². The zero-order valence-corrected chi connectivity index (χ0v) is 17.3. The molecule has 0 aliphatic carbocycles. The lowest BCUT2D eigenvalue weighted by Gasteiger charge is -2.29. The van der Waals surface area contributed by atoms with Crippen molar-refractivity contribution in [1.29, 1.82) is 0 Å². The summed E-state index contributed by atoms with van der Waals surface area (Å²) in [7, 11) is 0. The zero-order chi connectivity index (χ0) is 20.8. The molecule has 1 aromatic heterocycles. The summed E-state index contributed by atoms with van der Waals surface area (Å²) in [6.07, 6.45) is 4.03. The monoisotopic (exact) mass is 403 g/mol. The Balaban J connectivity index is 1.50. The van der Waals surface area contributed by atoms with Gasteiger partial charge in [-0.3, -0.25) is 4.79 Å². The van der Waals surface area contributed by atoms with Crippen molar-refractivity contribution in [2.75, 3.05) is 13.1 Å². The SMILES string of the molecule is Cc1cc([O-])c(C[NH+]2CCCC(C)C2)c2c1C(=O)/C(=C/c1cc3ccccc3o1)O2. The Hall–Kier alpha value is -3.05. The van der Waals surface area contributed by atoms with E-state index in [9.17, 15) is 9.90 Å². The number of carbonyl (C=O) groups excluding carboxylic acids is 1. The van der Waals surface area contributed by atoms with Gasteiger partial charge in [0.05, 0.1) is 18.7 Å². The summed E-state index contributed by atoms with van der Waals surface area (Å²) >= 11 is 0. The van der Waals surface area contributed by atoms with E-state index in [1.54, 1.807) is 19.1 Å². The molecule has 5 heteroatoms. The molecular weight excluding hydrogens is 378 g/mol. The molecule has 30 heavy (non-hydrogen) atoms. The van der Waals surface area contributed by atoms with Gasteiger partial charge in [0, 0.05) is 22.9 Å². The average molecular weight is 403 g/mol. The van der Waals surface area contributed by atoms with Crippen molar-refractivity contribution < 1.29 is 24.0 Å². The number of allylic oxidation sites excluding steroid dienone is 1. The van der Waals surface area contributed by atoms with E-state index in [-0.39, 0.29) is 17.3 Å². The molecular formula is C25H25NO4. The van der Waals surface area contributed by atoms with E-state index in [1.165, 1.54) is 11.3 Å². The number of quaternary nitrogens is 1. The number of para-hydroxylation sites is 1. The first kappa shape index (κ1) is 18.9. The summed E-state index contributed by atoms with van der Waals surface area (Å²) in [5, 5.41) is 13.8. The van der Waals surface area contributed by atoms with Crippen LogP contribution in [-0.4, -0.2) is 18.9 Å². The molecule has 3 heterocycles. The highest BCUT2D eigenvalue weighted by molar-refractivity contribution is 6.15. The number of furan rings is 1. The molecule has 0 bridgehead atoms. The normalized spacial score (nSPS) is 22.5. The van der Waals surface area contributed by atoms with E-state index in [1.807, 2.05) is 30.3 Å². The van der Waals surface area contributed by atoms with Gasteiger partial charge in [-0.1, -0.05) is 36.9 Å². The summed E-state index contributed by atoms with van der Waals surface area (Å²) in [4.78, 5) is 14.5. The minimum Gasteiger partial charge on any atom is -0.872 e. The third-order valence-electron chi connectivity index (χ3n) is 6.21. The standard InChI is InChI=1S/C25H25NO4/c1-15-6-5-9-26(13-15)14-19-20(27)10-16(2)23-24(28)22(30-25(19)23)12-18-11-17-7-3-4-8-21(17)29-18/h3-4,7-8,10-12,15,27H,5-6,9,13-14H2,1-2H3/b22-12-. The predicted molar refractivity (Wildman–Crippen MR) is 113 cm³/mol. The fourth-order valence-corrected chi connectivity index (χ4v) is 4.75. The molecule has 2 atom stereocenters. The molecule has 3 aromatic rings. The number of benzene rings is 2. The lowest BCUT2D eigenvalue weighted by atomic mass is 9.97. The Bertz CT molecular complexity index is 1140. The minimum atomic E-state index is -0.189. The van der Waals surface area contributed by atoms with Crippen molar-refractivity contribution in [3.8, 4) is 11.5 Å². The van der Waals surface area contributed by atoms with Crippen LogP contribution in [-0.2, 0) is 6.54 Å². The number of ether oxygens (including phenoxy) is 1. The minimum absolute atomic E-state index is 0.0465. The van der Waals surface area contributed by atoms with Gasteiger partial charge in [0.2, 0.25) is 5.78 Å². The summed E-state index contributed by atoms with van der Waals surface area (Å²) in [6.45, 7) is 6.73. The quantitative estimate of drug-likeness (QED) is 0.682. The predicted octanol–water partition coefficient (Wildman–Crippen LogP) is 3.25. The van der Waals surface area contributed by atoms with Crippen molar-refractivity contribution in [3.05, 3.63) is 64.6 Å². The van der Waals surface area contributed by atoms with Crippen LogP contribution in [0.25, 0.3) is 17.0 Å². The number of piperidine rings is 1. The van der Waals surface area contributed by atoms with Crippen LogP contribution in [0, 0.1) is 12.8 Å². The molecule has 1 fully saturated rings. The van der Waals surface area contributed by atoms with Gasteiger partial charge in [0.25, 0.3) is 0 Å². The second kappa shape index (κ2) is 7.33. The molecule has 154 valence electrons. The van der Waals surface area contributed by atoms with E-state index in [4.69, 9.17) is 9.15 Å². The maximum absolute atomic E-state index is 13.1.